The van der Waals surface area contributed by atoms with Crippen LogP contribution in [0.3, 0.4) is 0 Å². The molecule has 0 aliphatic rings. The Morgan fingerprint density at radius 1 is 1.33 bits per heavy atom. The van der Waals surface area contributed by atoms with Crippen LogP contribution in [0, 0.1) is 10.1 Å². The maximum absolute atomic E-state index is 12.2. The van der Waals surface area contributed by atoms with Crippen molar-refractivity contribution in [3.05, 3.63) is 51.9 Å². The van der Waals surface area contributed by atoms with E-state index < -0.39 is 4.92 Å². The van der Waals surface area contributed by atoms with E-state index in [4.69, 9.17) is 0 Å². The van der Waals surface area contributed by atoms with E-state index in [1.165, 1.54) is 30.0 Å². The number of carbonyl (C=O) groups excluding carboxylic acids is 1. The highest BCUT2D eigenvalue weighted by atomic mass is 32.2. The Labute approximate surface area is 163 Å². The van der Waals surface area contributed by atoms with Crippen LogP contribution < -0.4 is 5.32 Å². The SMILES string of the molecule is CCCn1c(SCC(=O)Nc2cccc([N+](=O)[O-])c2)nnc1-c1cccs1. The number of thiophene rings is 1. The topological polar surface area (TPSA) is 103 Å². The van der Waals surface area contributed by atoms with Crippen LogP contribution in [0.1, 0.15) is 13.3 Å². The summed E-state index contributed by atoms with van der Waals surface area (Å²) in [5, 5.41) is 24.6. The molecule has 1 amide bonds. The van der Waals surface area contributed by atoms with E-state index in [1.54, 1.807) is 17.4 Å². The molecule has 8 nitrogen and oxygen atoms in total. The minimum Gasteiger partial charge on any atom is -0.325 e. The van der Waals surface area contributed by atoms with Crippen LogP contribution in [0.2, 0.25) is 0 Å². The summed E-state index contributed by atoms with van der Waals surface area (Å²) >= 11 is 2.88. The number of hydrogen-bond acceptors (Lipinski definition) is 7. The fraction of sp³-hybridized carbons (Fsp3) is 0.235. The molecule has 0 atom stereocenters. The molecule has 3 aromatic rings. The van der Waals surface area contributed by atoms with Gasteiger partial charge in [-0.05, 0) is 23.9 Å². The summed E-state index contributed by atoms with van der Waals surface area (Å²) in [4.78, 5) is 23.6. The van der Waals surface area contributed by atoms with Crippen LogP contribution in [0.25, 0.3) is 10.7 Å². The van der Waals surface area contributed by atoms with E-state index in [0.717, 1.165) is 23.7 Å². The largest absolute Gasteiger partial charge is 0.325 e. The molecule has 0 aliphatic heterocycles. The smallest absolute Gasteiger partial charge is 0.271 e. The molecule has 0 saturated heterocycles. The number of hydrogen-bond donors (Lipinski definition) is 1. The fourth-order valence-electron chi connectivity index (χ4n) is 2.43. The van der Waals surface area contributed by atoms with Crippen molar-refractivity contribution in [2.45, 2.75) is 25.0 Å². The number of nitrogens with one attached hydrogen (secondary N) is 1. The van der Waals surface area contributed by atoms with Crippen LogP contribution in [-0.2, 0) is 11.3 Å². The second kappa shape index (κ2) is 8.78. The molecule has 0 unspecified atom stereocenters. The maximum atomic E-state index is 12.2. The third kappa shape index (κ3) is 4.72. The van der Waals surface area contributed by atoms with Gasteiger partial charge in [0.25, 0.3) is 5.69 Å². The Hall–Kier alpha value is -2.72. The summed E-state index contributed by atoms with van der Waals surface area (Å²) in [7, 11) is 0. The fourth-order valence-corrected chi connectivity index (χ4v) is 3.91. The Bertz CT molecular complexity index is 940. The monoisotopic (exact) mass is 403 g/mol. The number of carbonyl (C=O) groups is 1. The summed E-state index contributed by atoms with van der Waals surface area (Å²) in [6, 6.07) is 9.81. The highest BCUT2D eigenvalue weighted by molar-refractivity contribution is 7.99. The van der Waals surface area contributed by atoms with Gasteiger partial charge < -0.3 is 9.88 Å². The molecule has 0 bridgehead atoms. The number of aromatic nitrogens is 3. The number of anilines is 1. The van der Waals surface area contributed by atoms with Crippen molar-refractivity contribution in [1.82, 2.24) is 14.8 Å². The van der Waals surface area contributed by atoms with Gasteiger partial charge in [-0.2, -0.15) is 0 Å². The minimum absolute atomic E-state index is 0.0660. The van der Waals surface area contributed by atoms with Crippen LogP contribution in [-0.4, -0.2) is 31.3 Å². The van der Waals surface area contributed by atoms with E-state index in [-0.39, 0.29) is 17.3 Å². The molecule has 2 heterocycles. The van der Waals surface area contributed by atoms with Gasteiger partial charge in [0.2, 0.25) is 5.91 Å². The first kappa shape index (κ1) is 19.1. The molecule has 1 N–H and O–H groups in total. The van der Waals surface area contributed by atoms with Crippen LogP contribution in [0.4, 0.5) is 11.4 Å². The van der Waals surface area contributed by atoms with Gasteiger partial charge in [-0.15, -0.1) is 21.5 Å². The van der Waals surface area contributed by atoms with Gasteiger partial charge in [-0.25, -0.2) is 0 Å². The zero-order chi connectivity index (χ0) is 19.2. The van der Waals surface area contributed by atoms with E-state index in [0.29, 0.717) is 10.8 Å². The molecule has 0 radical (unpaired) electrons. The quantitative estimate of drug-likeness (QED) is 0.346. The lowest BCUT2D eigenvalue weighted by Crippen LogP contribution is -2.14. The third-order valence-corrected chi connectivity index (χ3v) is 5.41. The number of nitro benzene ring substituents is 1. The zero-order valence-electron chi connectivity index (χ0n) is 14.5. The number of non-ortho nitro benzene ring substituents is 1. The lowest BCUT2D eigenvalue weighted by molar-refractivity contribution is -0.384. The Balaban J connectivity index is 1.67. The van der Waals surface area contributed by atoms with Crippen molar-refractivity contribution in [3.8, 4) is 10.7 Å². The van der Waals surface area contributed by atoms with Crippen LogP contribution in [0.15, 0.2) is 46.9 Å². The van der Waals surface area contributed by atoms with Crippen molar-refractivity contribution < 1.29 is 9.72 Å². The lowest BCUT2D eigenvalue weighted by atomic mass is 10.3. The highest BCUT2D eigenvalue weighted by Crippen LogP contribution is 2.27. The van der Waals surface area contributed by atoms with Crippen molar-refractivity contribution in [2.75, 3.05) is 11.1 Å². The molecule has 3 rings (SSSR count). The number of nitro groups is 1. The van der Waals surface area contributed by atoms with Crippen molar-refractivity contribution in [3.63, 3.8) is 0 Å². The summed E-state index contributed by atoms with van der Waals surface area (Å²) in [5.41, 5.74) is 0.327. The van der Waals surface area contributed by atoms with E-state index in [9.17, 15) is 14.9 Å². The summed E-state index contributed by atoms with van der Waals surface area (Å²) < 4.78 is 2.01. The van der Waals surface area contributed by atoms with Crippen molar-refractivity contribution in [2.24, 2.45) is 0 Å². The molecule has 140 valence electrons. The number of nitrogens with zero attached hydrogens (tertiary/aromatic N) is 4. The average molecular weight is 403 g/mol. The third-order valence-electron chi connectivity index (χ3n) is 3.58. The molecule has 0 saturated carbocycles. The van der Waals surface area contributed by atoms with Crippen molar-refractivity contribution >= 4 is 40.4 Å². The summed E-state index contributed by atoms with van der Waals surface area (Å²) in [5.74, 6) is 0.673. The van der Waals surface area contributed by atoms with Gasteiger partial charge in [-0.3, -0.25) is 14.9 Å². The molecule has 0 spiro atoms. The molecule has 0 aliphatic carbocycles. The summed E-state index contributed by atoms with van der Waals surface area (Å²) in [6.07, 6.45) is 0.920. The number of thioether (sulfide) groups is 1. The zero-order valence-corrected chi connectivity index (χ0v) is 16.1. The molecule has 27 heavy (non-hydrogen) atoms. The number of rotatable bonds is 8. The lowest BCUT2D eigenvalue weighted by Gasteiger charge is -2.08. The van der Waals surface area contributed by atoms with Gasteiger partial charge in [0.15, 0.2) is 11.0 Å². The maximum Gasteiger partial charge on any atom is 0.271 e. The molecule has 10 heteroatoms. The van der Waals surface area contributed by atoms with Crippen molar-refractivity contribution in [1.29, 1.82) is 0 Å². The van der Waals surface area contributed by atoms with E-state index >= 15 is 0 Å². The predicted octanol–water partition coefficient (Wildman–Crippen LogP) is 4.06. The first-order chi connectivity index (χ1) is 13.1. The molecule has 2 aromatic heterocycles. The Morgan fingerprint density at radius 2 is 2.19 bits per heavy atom. The predicted molar refractivity (Wildman–Crippen MR) is 106 cm³/mol. The van der Waals surface area contributed by atoms with Gasteiger partial charge in [-0.1, -0.05) is 30.8 Å². The standard InChI is InChI=1S/C17H17N5O3S2/c1-2-8-21-16(14-7-4-9-26-14)19-20-17(21)27-11-15(23)18-12-5-3-6-13(10-12)22(24)25/h3-7,9-10H,2,8,11H2,1H3,(H,18,23). The normalized spacial score (nSPS) is 10.7. The molecular weight excluding hydrogens is 386 g/mol. The number of benzene rings is 1. The second-order valence-corrected chi connectivity index (χ2v) is 7.47. The van der Waals surface area contributed by atoms with Gasteiger partial charge in [0.05, 0.1) is 15.6 Å². The van der Waals surface area contributed by atoms with Gasteiger partial charge >= 0.3 is 0 Å². The molecule has 1 aromatic carbocycles. The first-order valence-corrected chi connectivity index (χ1v) is 10.1. The van der Waals surface area contributed by atoms with Gasteiger partial charge in [0, 0.05) is 24.4 Å². The number of amides is 1. The molecular formula is C17H17N5O3S2. The first-order valence-electron chi connectivity index (χ1n) is 8.22. The average Bonchev–Trinajstić information content (AvgIpc) is 3.30. The molecule has 0 fully saturated rings. The Kier molecular flexibility index (Phi) is 6.20. The van der Waals surface area contributed by atoms with Gasteiger partial charge in [0.1, 0.15) is 0 Å². The Morgan fingerprint density at radius 3 is 2.89 bits per heavy atom. The summed E-state index contributed by atoms with van der Waals surface area (Å²) in [6.45, 7) is 2.83. The second-order valence-electron chi connectivity index (χ2n) is 5.58. The van der Waals surface area contributed by atoms with Crippen LogP contribution >= 0.6 is 23.1 Å². The van der Waals surface area contributed by atoms with E-state index in [1.807, 2.05) is 22.1 Å². The minimum atomic E-state index is -0.496. The van der Waals surface area contributed by atoms with E-state index in [2.05, 4.69) is 22.4 Å². The highest BCUT2D eigenvalue weighted by Gasteiger charge is 2.16. The van der Waals surface area contributed by atoms with Crippen LogP contribution in [0.5, 0.6) is 0 Å².